The van der Waals surface area contributed by atoms with E-state index < -0.39 is 0 Å². The summed E-state index contributed by atoms with van der Waals surface area (Å²) in [6.07, 6.45) is 1.18. The average molecular weight is 286 g/mol. The Morgan fingerprint density at radius 1 is 1.61 bits per heavy atom. The van der Waals surface area contributed by atoms with Crippen molar-refractivity contribution in [3.8, 4) is 0 Å². The van der Waals surface area contributed by atoms with Crippen molar-refractivity contribution in [2.75, 3.05) is 30.3 Å². The van der Waals surface area contributed by atoms with Crippen LogP contribution in [0.15, 0.2) is 5.38 Å². The van der Waals surface area contributed by atoms with Crippen LogP contribution in [0.1, 0.15) is 30.8 Å². The van der Waals surface area contributed by atoms with Crippen LogP contribution in [0.5, 0.6) is 0 Å². The lowest BCUT2D eigenvalue weighted by Crippen LogP contribution is -2.37. The molecule has 2 rings (SSSR count). The van der Waals surface area contributed by atoms with Crippen molar-refractivity contribution in [2.45, 2.75) is 25.5 Å². The first kappa shape index (κ1) is 13.7. The number of carbonyl (C=O) groups excluding carboxylic acids is 1. The van der Waals surface area contributed by atoms with E-state index in [0.29, 0.717) is 17.6 Å². The average Bonchev–Trinajstić information content (AvgIpc) is 2.89. The minimum atomic E-state index is -0.321. The summed E-state index contributed by atoms with van der Waals surface area (Å²) in [5.41, 5.74) is 0.433. The predicted molar refractivity (Wildman–Crippen MR) is 76.8 cm³/mol. The largest absolute Gasteiger partial charge is 0.461 e. The predicted octanol–water partition coefficient (Wildman–Crippen LogP) is 2.65. The zero-order chi connectivity index (χ0) is 13.0. The lowest BCUT2D eigenvalue weighted by atomic mass is 10.3. The van der Waals surface area contributed by atoms with Gasteiger partial charge in [-0.1, -0.05) is 6.92 Å². The summed E-state index contributed by atoms with van der Waals surface area (Å²) in [5.74, 6) is 0.811. The van der Waals surface area contributed by atoms with Crippen molar-refractivity contribution >= 4 is 34.2 Å². The number of esters is 1. The molecular weight excluding hydrogens is 268 g/mol. The molecular formula is C12H18N2O2S2. The molecule has 0 bridgehead atoms. The zero-order valence-corrected chi connectivity index (χ0v) is 12.4. The molecule has 2 heterocycles. The number of nitrogens with zero attached hydrogens (tertiary/aromatic N) is 2. The number of aromatic nitrogens is 1. The summed E-state index contributed by atoms with van der Waals surface area (Å²) in [6.45, 7) is 6.45. The highest BCUT2D eigenvalue weighted by Gasteiger charge is 2.22. The molecule has 0 N–H and O–H groups in total. The van der Waals surface area contributed by atoms with Gasteiger partial charge in [-0.05, 0) is 13.3 Å². The molecule has 0 amide bonds. The molecule has 1 fully saturated rings. The van der Waals surface area contributed by atoms with Crippen molar-refractivity contribution in [1.82, 2.24) is 4.98 Å². The van der Waals surface area contributed by atoms with E-state index in [9.17, 15) is 4.79 Å². The molecule has 100 valence electrons. The van der Waals surface area contributed by atoms with Crippen LogP contribution in [0.3, 0.4) is 0 Å². The van der Waals surface area contributed by atoms with E-state index in [2.05, 4.69) is 16.8 Å². The number of hydrogen-bond donors (Lipinski definition) is 0. The van der Waals surface area contributed by atoms with Gasteiger partial charge in [0.25, 0.3) is 0 Å². The number of rotatable bonds is 4. The van der Waals surface area contributed by atoms with E-state index in [1.165, 1.54) is 17.8 Å². The first-order valence-electron chi connectivity index (χ1n) is 6.23. The number of thioether (sulfide) groups is 1. The summed E-state index contributed by atoms with van der Waals surface area (Å²) >= 11 is 3.55. The molecule has 1 atom stereocenters. The van der Waals surface area contributed by atoms with Crippen molar-refractivity contribution in [2.24, 2.45) is 0 Å². The van der Waals surface area contributed by atoms with E-state index in [1.807, 2.05) is 11.8 Å². The van der Waals surface area contributed by atoms with Crippen LogP contribution in [-0.4, -0.2) is 41.7 Å². The normalized spacial score (nSPS) is 19.9. The van der Waals surface area contributed by atoms with Gasteiger partial charge in [-0.2, -0.15) is 11.8 Å². The number of ether oxygens (including phenoxy) is 1. The second kappa shape index (κ2) is 6.43. The fourth-order valence-electron chi connectivity index (χ4n) is 1.85. The molecule has 1 aromatic heterocycles. The van der Waals surface area contributed by atoms with Crippen molar-refractivity contribution in [3.05, 3.63) is 11.1 Å². The Balaban J connectivity index is 2.03. The van der Waals surface area contributed by atoms with Crippen LogP contribution in [0.4, 0.5) is 5.13 Å². The third-order valence-corrected chi connectivity index (χ3v) is 5.11. The molecule has 0 saturated carbocycles. The van der Waals surface area contributed by atoms with Gasteiger partial charge in [0.15, 0.2) is 10.8 Å². The van der Waals surface area contributed by atoms with Gasteiger partial charge in [-0.25, -0.2) is 9.78 Å². The number of carbonyl (C=O) groups is 1. The molecule has 1 aliphatic heterocycles. The van der Waals surface area contributed by atoms with Gasteiger partial charge in [0, 0.05) is 29.5 Å². The fraction of sp³-hybridized carbons (Fsp3) is 0.667. The Kier molecular flexibility index (Phi) is 4.88. The van der Waals surface area contributed by atoms with E-state index in [1.54, 1.807) is 12.3 Å². The molecule has 0 aromatic carbocycles. The van der Waals surface area contributed by atoms with Gasteiger partial charge in [0.05, 0.1) is 6.61 Å². The van der Waals surface area contributed by atoms with Gasteiger partial charge in [0.1, 0.15) is 0 Å². The van der Waals surface area contributed by atoms with Crippen molar-refractivity contribution in [3.63, 3.8) is 0 Å². The minimum absolute atomic E-state index is 0.321. The zero-order valence-electron chi connectivity index (χ0n) is 10.7. The van der Waals surface area contributed by atoms with Gasteiger partial charge in [0.2, 0.25) is 0 Å². The molecule has 1 aliphatic rings. The summed E-state index contributed by atoms with van der Waals surface area (Å²) in [5, 5.41) is 3.40. The number of anilines is 1. The summed E-state index contributed by atoms with van der Waals surface area (Å²) in [4.78, 5) is 18.2. The van der Waals surface area contributed by atoms with Crippen LogP contribution >= 0.6 is 23.1 Å². The lowest BCUT2D eigenvalue weighted by Gasteiger charge is -2.31. The monoisotopic (exact) mass is 286 g/mol. The molecule has 4 nitrogen and oxygen atoms in total. The quantitative estimate of drug-likeness (QED) is 0.796. The maximum absolute atomic E-state index is 11.6. The van der Waals surface area contributed by atoms with Crippen molar-refractivity contribution in [1.29, 1.82) is 0 Å². The van der Waals surface area contributed by atoms with E-state index in [0.717, 1.165) is 24.0 Å². The second-order valence-electron chi connectivity index (χ2n) is 4.08. The van der Waals surface area contributed by atoms with Crippen LogP contribution in [0.25, 0.3) is 0 Å². The van der Waals surface area contributed by atoms with Crippen molar-refractivity contribution < 1.29 is 9.53 Å². The maximum atomic E-state index is 11.6. The van der Waals surface area contributed by atoms with Gasteiger partial charge in [-0.3, -0.25) is 0 Å². The smallest absolute Gasteiger partial charge is 0.357 e. The minimum Gasteiger partial charge on any atom is -0.461 e. The van der Waals surface area contributed by atoms with Gasteiger partial charge >= 0.3 is 5.97 Å². The first-order valence-corrected chi connectivity index (χ1v) is 8.16. The van der Waals surface area contributed by atoms with Crippen LogP contribution in [-0.2, 0) is 4.74 Å². The molecule has 0 spiro atoms. The van der Waals surface area contributed by atoms with Crippen LogP contribution in [0, 0.1) is 0 Å². The van der Waals surface area contributed by atoms with Crippen LogP contribution < -0.4 is 4.90 Å². The Bertz CT molecular complexity index is 409. The summed E-state index contributed by atoms with van der Waals surface area (Å²) in [7, 11) is 0. The summed E-state index contributed by atoms with van der Waals surface area (Å²) in [6, 6.07) is 0. The standard InChI is InChI=1S/C12H18N2O2S2/c1-3-9-7-14(5-6-17-9)12-13-10(8-18-12)11(15)16-4-2/h8-9H,3-7H2,1-2H3. The first-order chi connectivity index (χ1) is 8.74. The topological polar surface area (TPSA) is 42.4 Å². The molecule has 18 heavy (non-hydrogen) atoms. The highest BCUT2D eigenvalue weighted by molar-refractivity contribution is 8.00. The number of hydrogen-bond acceptors (Lipinski definition) is 6. The van der Waals surface area contributed by atoms with E-state index in [-0.39, 0.29) is 5.97 Å². The molecule has 6 heteroatoms. The van der Waals surface area contributed by atoms with Gasteiger partial charge < -0.3 is 9.64 Å². The highest BCUT2D eigenvalue weighted by Crippen LogP contribution is 2.28. The molecule has 1 saturated heterocycles. The lowest BCUT2D eigenvalue weighted by molar-refractivity contribution is 0.0520. The summed E-state index contributed by atoms with van der Waals surface area (Å²) < 4.78 is 4.95. The SMILES string of the molecule is CCOC(=O)c1csc(N2CCSC(CC)C2)n1. The number of thiazole rings is 1. The molecule has 0 radical (unpaired) electrons. The Morgan fingerprint density at radius 2 is 2.44 bits per heavy atom. The molecule has 0 aliphatic carbocycles. The van der Waals surface area contributed by atoms with Crippen LogP contribution in [0.2, 0.25) is 0 Å². The third-order valence-electron chi connectivity index (χ3n) is 2.84. The molecule has 1 aromatic rings. The highest BCUT2D eigenvalue weighted by atomic mass is 32.2. The fourth-order valence-corrected chi connectivity index (χ4v) is 3.86. The maximum Gasteiger partial charge on any atom is 0.357 e. The van der Waals surface area contributed by atoms with Gasteiger partial charge in [-0.15, -0.1) is 11.3 Å². The Hall–Kier alpha value is -0.750. The molecule has 1 unspecified atom stereocenters. The van der Waals surface area contributed by atoms with E-state index >= 15 is 0 Å². The second-order valence-corrected chi connectivity index (χ2v) is 6.33. The Labute approximate surface area is 116 Å². The Morgan fingerprint density at radius 3 is 3.17 bits per heavy atom. The van der Waals surface area contributed by atoms with E-state index in [4.69, 9.17) is 4.74 Å². The third kappa shape index (κ3) is 3.17.